The molecule has 0 heterocycles. The van der Waals surface area contributed by atoms with E-state index in [-0.39, 0.29) is 11.9 Å². The summed E-state index contributed by atoms with van der Waals surface area (Å²) in [5, 5.41) is 3.06. The standard InChI is InChI=1S/C25H28N2O/c1-27(20-24(28)26-19-11-14-21-12-5-2-6-13-21)25(22-15-7-3-8-16-22)23-17-9-4-10-18-23/h2-10,12-13,15-18,25H,11,14,19-20H2,1H3,(H,26,28). The van der Waals surface area contributed by atoms with Gasteiger partial charge in [0, 0.05) is 6.54 Å². The minimum Gasteiger partial charge on any atom is -0.355 e. The van der Waals surface area contributed by atoms with E-state index in [0.29, 0.717) is 13.1 Å². The largest absolute Gasteiger partial charge is 0.355 e. The van der Waals surface area contributed by atoms with Gasteiger partial charge in [-0.3, -0.25) is 9.69 Å². The van der Waals surface area contributed by atoms with Crippen molar-refractivity contribution >= 4 is 5.91 Å². The lowest BCUT2D eigenvalue weighted by Crippen LogP contribution is -2.38. The quantitative estimate of drug-likeness (QED) is 0.563. The Hall–Kier alpha value is -2.91. The van der Waals surface area contributed by atoms with Gasteiger partial charge in [0.25, 0.3) is 0 Å². The smallest absolute Gasteiger partial charge is 0.234 e. The predicted molar refractivity (Wildman–Crippen MR) is 115 cm³/mol. The van der Waals surface area contributed by atoms with Gasteiger partial charge >= 0.3 is 0 Å². The normalized spacial score (nSPS) is 11.0. The number of hydrogen-bond acceptors (Lipinski definition) is 2. The second-order valence-electron chi connectivity index (χ2n) is 7.08. The van der Waals surface area contributed by atoms with Gasteiger partial charge in [-0.25, -0.2) is 0 Å². The van der Waals surface area contributed by atoms with Crippen LogP contribution in [0, 0.1) is 0 Å². The monoisotopic (exact) mass is 372 g/mol. The van der Waals surface area contributed by atoms with E-state index in [4.69, 9.17) is 0 Å². The minimum atomic E-state index is 0.0532. The van der Waals surface area contributed by atoms with E-state index in [1.807, 2.05) is 49.5 Å². The van der Waals surface area contributed by atoms with Gasteiger partial charge in [0.15, 0.2) is 0 Å². The molecule has 0 aliphatic carbocycles. The van der Waals surface area contributed by atoms with Crippen LogP contribution in [0.4, 0.5) is 0 Å². The van der Waals surface area contributed by atoms with E-state index < -0.39 is 0 Å². The molecule has 0 aliphatic heterocycles. The number of hydrogen-bond donors (Lipinski definition) is 1. The summed E-state index contributed by atoms with van der Waals surface area (Å²) in [6, 6.07) is 31.1. The van der Waals surface area contributed by atoms with Crippen molar-refractivity contribution in [2.45, 2.75) is 18.9 Å². The molecule has 0 radical (unpaired) electrons. The van der Waals surface area contributed by atoms with Crippen molar-refractivity contribution in [2.24, 2.45) is 0 Å². The maximum atomic E-state index is 12.5. The zero-order valence-electron chi connectivity index (χ0n) is 16.4. The first-order valence-electron chi connectivity index (χ1n) is 9.85. The summed E-state index contributed by atoms with van der Waals surface area (Å²) in [4.78, 5) is 14.6. The Kier molecular flexibility index (Phi) is 7.39. The Labute approximate surface area is 168 Å². The van der Waals surface area contributed by atoms with Crippen LogP contribution in [-0.4, -0.2) is 30.9 Å². The minimum absolute atomic E-state index is 0.0532. The summed E-state index contributed by atoms with van der Waals surface area (Å²) in [6.45, 7) is 1.06. The molecule has 0 saturated heterocycles. The van der Waals surface area contributed by atoms with Gasteiger partial charge in [-0.05, 0) is 36.6 Å². The first-order valence-corrected chi connectivity index (χ1v) is 9.85. The summed E-state index contributed by atoms with van der Waals surface area (Å²) in [5.41, 5.74) is 3.68. The number of carbonyl (C=O) groups excluding carboxylic acids is 1. The van der Waals surface area contributed by atoms with E-state index in [1.54, 1.807) is 0 Å². The van der Waals surface area contributed by atoms with E-state index in [1.165, 1.54) is 16.7 Å². The van der Waals surface area contributed by atoms with Crippen molar-refractivity contribution in [3.63, 3.8) is 0 Å². The summed E-state index contributed by atoms with van der Waals surface area (Å²) < 4.78 is 0. The maximum absolute atomic E-state index is 12.5. The Morgan fingerprint density at radius 1 is 0.821 bits per heavy atom. The molecule has 144 valence electrons. The van der Waals surface area contributed by atoms with Gasteiger partial charge in [0.2, 0.25) is 5.91 Å². The molecule has 0 unspecified atom stereocenters. The highest BCUT2D eigenvalue weighted by Gasteiger charge is 2.20. The van der Waals surface area contributed by atoms with Gasteiger partial charge in [0.1, 0.15) is 0 Å². The van der Waals surface area contributed by atoms with Crippen LogP contribution in [-0.2, 0) is 11.2 Å². The van der Waals surface area contributed by atoms with Crippen molar-refractivity contribution in [2.75, 3.05) is 20.1 Å². The topological polar surface area (TPSA) is 32.3 Å². The van der Waals surface area contributed by atoms with Crippen molar-refractivity contribution in [3.8, 4) is 0 Å². The van der Waals surface area contributed by atoms with Crippen molar-refractivity contribution in [3.05, 3.63) is 108 Å². The molecular weight excluding hydrogens is 344 g/mol. The fourth-order valence-electron chi connectivity index (χ4n) is 3.51. The van der Waals surface area contributed by atoms with Crippen LogP contribution in [0.2, 0.25) is 0 Å². The third kappa shape index (κ3) is 5.80. The molecule has 0 saturated carbocycles. The van der Waals surface area contributed by atoms with Crippen LogP contribution >= 0.6 is 0 Å². The fraction of sp³-hybridized carbons (Fsp3) is 0.240. The Bertz CT molecular complexity index is 795. The molecule has 3 nitrogen and oxygen atoms in total. The van der Waals surface area contributed by atoms with Gasteiger partial charge in [0.05, 0.1) is 12.6 Å². The Balaban J connectivity index is 1.56. The lowest BCUT2D eigenvalue weighted by molar-refractivity contribution is -0.122. The molecule has 28 heavy (non-hydrogen) atoms. The van der Waals surface area contributed by atoms with E-state index in [0.717, 1.165) is 12.8 Å². The van der Waals surface area contributed by atoms with Gasteiger partial charge in [-0.15, -0.1) is 0 Å². The summed E-state index contributed by atoms with van der Waals surface area (Å²) in [5.74, 6) is 0.0624. The Morgan fingerprint density at radius 3 is 1.86 bits per heavy atom. The molecule has 0 fully saturated rings. The van der Waals surface area contributed by atoms with E-state index in [2.05, 4.69) is 58.7 Å². The maximum Gasteiger partial charge on any atom is 0.234 e. The van der Waals surface area contributed by atoms with Crippen LogP contribution in [0.5, 0.6) is 0 Å². The molecule has 3 aromatic rings. The molecular formula is C25H28N2O. The average Bonchev–Trinajstić information content (AvgIpc) is 2.74. The fourth-order valence-corrected chi connectivity index (χ4v) is 3.51. The second-order valence-corrected chi connectivity index (χ2v) is 7.08. The number of likely N-dealkylation sites (N-methyl/N-ethyl adjacent to an activating group) is 1. The number of benzene rings is 3. The molecule has 0 bridgehead atoms. The molecule has 0 atom stereocenters. The Morgan fingerprint density at radius 2 is 1.32 bits per heavy atom. The van der Waals surface area contributed by atoms with Gasteiger partial charge < -0.3 is 5.32 Å². The molecule has 0 spiro atoms. The van der Waals surface area contributed by atoms with Gasteiger partial charge in [-0.2, -0.15) is 0 Å². The van der Waals surface area contributed by atoms with Crippen LogP contribution in [0.3, 0.4) is 0 Å². The lowest BCUT2D eigenvalue weighted by atomic mass is 9.97. The zero-order chi connectivity index (χ0) is 19.6. The third-order valence-electron chi connectivity index (χ3n) is 4.87. The highest BCUT2D eigenvalue weighted by atomic mass is 16.2. The second kappa shape index (κ2) is 10.4. The van der Waals surface area contributed by atoms with E-state index in [9.17, 15) is 4.79 Å². The van der Waals surface area contributed by atoms with Crippen molar-refractivity contribution in [1.82, 2.24) is 10.2 Å². The molecule has 3 aromatic carbocycles. The first kappa shape index (κ1) is 19.8. The predicted octanol–water partition coefficient (Wildman–Crippen LogP) is 4.46. The number of carbonyl (C=O) groups is 1. The summed E-state index contributed by atoms with van der Waals surface area (Å²) >= 11 is 0. The molecule has 1 amide bonds. The van der Waals surface area contributed by atoms with Crippen LogP contribution in [0.25, 0.3) is 0 Å². The molecule has 0 aliphatic rings. The van der Waals surface area contributed by atoms with Crippen LogP contribution < -0.4 is 5.32 Å². The van der Waals surface area contributed by atoms with Crippen molar-refractivity contribution < 1.29 is 4.79 Å². The average molecular weight is 373 g/mol. The number of nitrogens with one attached hydrogen (secondary N) is 1. The molecule has 3 heteroatoms. The van der Waals surface area contributed by atoms with Crippen LogP contribution in [0.1, 0.15) is 29.2 Å². The molecule has 1 N–H and O–H groups in total. The van der Waals surface area contributed by atoms with E-state index >= 15 is 0 Å². The first-order chi connectivity index (χ1) is 13.7. The zero-order valence-corrected chi connectivity index (χ0v) is 16.4. The number of rotatable bonds is 9. The number of aryl methyl sites for hydroxylation is 1. The third-order valence-corrected chi connectivity index (χ3v) is 4.87. The van der Waals surface area contributed by atoms with Gasteiger partial charge in [-0.1, -0.05) is 91.0 Å². The van der Waals surface area contributed by atoms with Crippen molar-refractivity contribution in [1.29, 1.82) is 0 Å². The summed E-state index contributed by atoms with van der Waals surface area (Å²) in [7, 11) is 2.01. The molecule has 3 rings (SSSR count). The molecule has 0 aromatic heterocycles. The number of amides is 1. The SMILES string of the molecule is CN(CC(=O)NCCCc1ccccc1)C(c1ccccc1)c1ccccc1. The number of nitrogens with zero attached hydrogens (tertiary/aromatic N) is 1. The lowest BCUT2D eigenvalue weighted by Gasteiger charge is -2.28. The summed E-state index contributed by atoms with van der Waals surface area (Å²) in [6.07, 6.45) is 1.92. The van der Waals surface area contributed by atoms with Crippen LogP contribution in [0.15, 0.2) is 91.0 Å². The highest BCUT2D eigenvalue weighted by Crippen LogP contribution is 2.27. The highest BCUT2D eigenvalue weighted by molar-refractivity contribution is 5.78.